The minimum Gasteiger partial charge on any atom is -0.399 e. The molecule has 0 saturated carbocycles. The third kappa shape index (κ3) is 3.10. The zero-order valence-corrected chi connectivity index (χ0v) is 12.4. The molecule has 0 fully saturated rings. The van der Waals surface area contributed by atoms with Gasteiger partial charge < -0.3 is 16.8 Å². The summed E-state index contributed by atoms with van der Waals surface area (Å²) in [5.74, 6) is -0.653. The van der Waals surface area contributed by atoms with E-state index in [9.17, 15) is 4.79 Å². The number of amides is 1. The third-order valence-electron chi connectivity index (χ3n) is 2.57. The summed E-state index contributed by atoms with van der Waals surface area (Å²) in [7, 11) is 0. The normalized spacial score (nSPS) is 10.3. The molecule has 0 saturated heterocycles. The molecule has 0 aromatic heterocycles. The highest BCUT2D eigenvalue weighted by Crippen LogP contribution is 2.35. The fourth-order valence-corrected chi connectivity index (χ4v) is 2.29. The molecule has 0 spiro atoms. The Morgan fingerprint density at radius 3 is 2.40 bits per heavy atom. The molecular formula is C13H10Cl3N3O. The Balaban J connectivity index is 2.53. The zero-order valence-electron chi connectivity index (χ0n) is 10.1. The Hall–Kier alpha value is -1.62. The number of carbonyl (C=O) groups excluding carboxylic acids is 1. The van der Waals surface area contributed by atoms with Crippen molar-refractivity contribution in [3.8, 4) is 0 Å². The number of nitrogens with two attached hydrogens (primary N) is 2. The lowest BCUT2D eigenvalue weighted by molar-refractivity contribution is 0.100. The Morgan fingerprint density at radius 2 is 1.75 bits per heavy atom. The van der Waals surface area contributed by atoms with Gasteiger partial charge in [-0.3, -0.25) is 4.79 Å². The van der Waals surface area contributed by atoms with Crippen LogP contribution in [0.3, 0.4) is 0 Å². The molecule has 0 aliphatic heterocycles. The van der Waals surface area contributed by atoms with Crippen LogP contribution in [0.4, 0.5) is 17.1 Å². The molecule has 2 aromatic rings. The predicted octanol–water partition coefficient (Wildman–Crippen LogP) is 4.07. The summed E-state index contributed by atoms with van der Waals surface area (Å²) in [5.41, 5.74) is 12.3. The molecule has 0 aliphatic carbocycles. The zero-order chi connectivity index (χ0) is 14.9. The van der Waals surface area contributed by atoms with Gasteiger partial charge in [-0.15, -0.1) is 0 Å². The summed E-state index contributed by atoms with van der Waals surface area (Å²) in [5, 5.41) is 4.13. The maximum absolute atomic E-state index is 11.5. The largest absolute Gasteiger partial charge is 0.399 e. The van der Waals surface area contributed by atoms with Crippen LogP contribution in [0.1, 0.15) is 10.4 Å². The quantitative estimate of drug-likeness (QED) is 0.742. The van der Waals surface area contributed by atoms with Crippen molar-refractivity contribution in [1.82, 2.24) is 0 Å². The summed E-state index contributed by atoms with van der Waals surface area (Å²) >= 11 is 18.1. The molecule has 0 unspecified atom stereocenters. The molecule has 7 heteroatoms. The van der Waals surface area contributed by atoms with E-state index in [0.717, 1.165) is 0 Å². The van der Waals surface area contributed by atoms with E-state index in [1.54, 1.807) is 18.2 Å². The molecule has 1 amide bonds. The average molecular weight is 331 g/mol. The third-order valence-corrected chi connectivity index (χ3v) is 3.43. The van der Waals surface area contributed by atoms with Crippen LogP contribution in [-0.4, -0.2) is 5.91 Å². The van der Waals surface area contributed by atoms with Gasteiger partial charge in [0.1, 0.15) is 0 Å². The first-order chi connectivity index (χ1) is 9.38. The number of primary amides is 1. The van der Waals surface area contributed by atoms with Crippen molar-refractivity contribution >= 4 is 57.8 Å². The maximum Gasteiger partial charge on any atom is 0.250 e. The molecule has 5 N–H and O–H groups in total. The van der Waals surface area contributed by atoms with Gasteiger partial charge in [-0.25, -0.2) is 0 Å². The Kier molecular flexibility index (Phi) is 4.28. The fraction of sp³-hybridized carbons (Fsp3) is 0. The second-order valence-corrected chi connectivity index (χ2v) is 5.29. The van der Waals surface area contributed by atoms with E-state index < -0.39 is 5.91 Å². The first kappa shape index (κ1) is 14.8. The number of carbonyl (C=O) groups is 1. The molecule has 0 radical (unpaired) electrons. The molecule has 2 rings (SSSR count). The molecule has 20 heavy (non-hydrogen) atoms. The van der Waals surface area contributed by atoms with Crippen molar-refractivity contribution in [3.63, 3.8) is 0 Å². The molecule has 2 aromatic carbocycles. The van der Waals surface area contributed by atoms with Crippen LogP contribution >= 0.6 is 34.8 Å². The number of halogens is 3. The van der Waals surface area contributed by atoms with Crippen molar-refractivity contribution in [2.24, 2.45) is 5.73 Å². The van der Waals surface area contributed by atoms with Crippen LogP contribution in [0.25, 0.3) is 0 Å². The van der Waals surface area contributed by atoms with Crippen molar-refractivity contribution in [2.75, 3.05) is 11.1 Å². The number of rotatable bonds is 3. The van der Waals surface area contributed by atoms with E-state index in [4.69, 9.17) is 46.3 Å². The van der Waals surface area contributed by atoms with E-state index in [1.165, 1.54) is 12.1 Å². The van der Waals surface area contributed by atoms with E-state index >= 15 is 0 Å². The lowest BCUT2D eigenvalue weighted by Crippen LogP contribution is -2.14. The van der Waals surface area contributed by atoms with Crippen LogP contribution < -0.4 is 16.8 Å². The van der Waals surface area contributed by atoms with Gasteiger partial charge in [-0.2, -0.15) is 0 Å². The lowest BCUT2D eigenvalue weighted by atomic mass is 10.1. The van der Waals surface area contributed by atoms with E-state index in [-0.39, 0.29) is 10.6 Å². The number of benzene rings is 2. The van der Waals surface area contributed by atoms with Gasteiger partial charge in [-0.1, -0.05) is 34.8 Å². The number of hydrogen-bond donors (Lipinski definition) is 3. The molecule has 0 heterocycles. The van der Waals surface area contributed by atoms with Crippen LogP contribution in [0.5, 0.6) is 0 Å². The van der Waals surface area contributed by atoms with Gasteiger partial charge in [0, 0.05) is 10.7 Å². The van der Waals surface area contributed by atoms with Crippen molar-refractivity contribution in [2.45, 2.75) is 0 Å². The van der Waals surface area contributed by atoms with Crippen LogP contribution in [0.2, 0.25) is 15.1 Å². The highest BCUT2D eigenvalue weighted by molar-refractivity contribution is 6.36. The summed E-state index contributed by atoms with van der Waals surface area (Å²) in [6.07, 6.45) is 0. The second kappa shape index (κ2) is 5.79. The number of hydrogen-bond acceptors (Lipinski definition) is 3. The van der Waals surface area contributed by atoms with E-state index in [2.05, 4.69) is 5.32 Å². The first-order valence-corrected chi connectivity index (χ1v) is 6.63. The summed E-state index contributed by atoms with van der Waals surface area (Å²) in [6.45, 7) is 0. The Bertz CT molecular complexity index is 689. The highest BCUT2D eigenvalue weighted by atomic mass is 35.5. The van der Waals surface area contributed by atoms with Gasteiger partial charge in [0.2, 0.25) is 0 Å². The van der Waals surface area contributed by atoms with Gasteiger partial charge in [-0.05, 0) is 30.3 Å². The summed E-state index contributed by atoms with van der Waals surface area (Å²) in [4.78, 5) is 11.5. The molecule has 0 atom stereocenters. The van der Waals surface area contributed by atoms with Crippen molar-refractivity contribution in [3.05, 3.63) is 51.0 Å². The average Bonchev–Trinajstić information content (AvgIpc) is 2.36. The maximum atomic E-state index is 11.5. The fourth-order valence-electron chi connectivity index (χ4n) is 1.68. The molecule has 104 valence electrons. The minimum absolute atomic E-state index is 0.172. The molecular weight excluding hydrogens is 321 g/mol. The summed E-state index contributed by atoms with van der Waals surface area (Å²) in [6, 6.07) is 7.83. The lowest BCUT2D eigenvalue weighted by Gasteiger charge is -2.14. The minimum atomic E-state index is -0.653. The van der Waals surface area contributed by atoms with Gasteiger partial charge in [0.15, 0.2) is 0 Å². The molecule has 0 aliphatic rings. The number of nitrogen functional groups attached to an aromatic ring is 1. The molecule has 0 bridgehead atoms. The summed E-state index contributed by atoms with van der Waals surface area (Å²) < 4.78 is 0. The monoisotopic (exact) mass is 329 g/mol. The van der Waals surface area contributed by atoms with Crippen molar-refractivity contribution < 1.29 is 4.79 Å². The van der Waals surface area contributed by atoms with Crippen LogP contribution in [0, 0.1) is 0 Å². The topological polar surface area (TPSA) is 81.1 Å². The van der Waals surface area contributed by atoms with E-state index in [1.807, 2.05) is 0 Å². The predicted molar refractivity (Wildman–Crippen MR) is 84.1 cm³/mol. The van der Waals surface area contributed by atoms with Gasteiger partial charge in [0.05, 0.1) is 27.0 Å². The van der Waals surface area contributed by atoms with Crippen LogP contribution in [0.15, 0.2) is 30.3 Å². The Morgan fingerprint density at radius 1 is 1.05 bits per heavy atom. The smallest absolute Gasteiger partial charge is 0.250 e. The second-order valence-electron chi connectivity index (χ2n) is 4.04. The first-order valence-electron chi connectivity index (χ1n) is 5.49. The molecule has 4 nitrogen and oxygen atoms in total. The van der Waals surface area contributed by atoms with E-state index in [0.29, 0.717) is 27.1 Å². The SMILES string of the molecule is NC(=O)c1cc(N)cc(Cl)c1Nc1cc(Cl)ccc1Cl. The van der Waals surface area contributed by atoms with Crippen LogP contribution in [-0.2, 0) is 0 Å². The number of anilines is 3. The van der Waals surface area contributed by atoms with Gasteiger partial charge in [0.25, 0.3) is 5.91 Å². The van der Waals surface area contributed by atoms with Crippen molar-refractivity contribution in [1.29, 1.82) is 0 Å². The Labute approximate surface area is 130 Å². The number of nitrogens with one attached hydrogen (secondary N) is 1. The highest BCUT2D eigenvalue weighted by Gasteiger charge is 2.15. The van der Waals surface area contributed by atoms with Gasteiger partial charge >= 0.3 is 0 Å². The standard InChI is InChI=1S/C13H10Cl3N3O/c14-6-1-2-9(15)11(3-6)19-12-8(13(18)20)4-7(17)5-10(12)16/h1-5,19H,17H2,(H2,18,20).